The first-order chi connectivity index (χ1) is 17.8. The van der Waals surface area contributed by atoms with Crippen LogP contribution >= 0.6 is 0 Å². The number of hydrogen-bond donors (Lipinski definition) is 2. The zero-order valence-electron chi connectivity index (χ0n) is 19.9. The van der Waals surface area contributed by atoms with Gasteiger partial charge in [-0.1, -0.05) is 12.1 Å². The van der Waals surface area contributed by atoms with E-state index >= 15 is 0 Å². The number of nitrogens with zero attached hydrogens (tertiary/aromatic N) is 2. The molecular formula is C24H23F7N4O3. The third-order valence-electron chi connectivity index (χ3n) is 6.13. The Morgan fingerprint density at radius 1 is 1.08 bits per heavy atom. The molecule has 1 aromatic heterocycles. The van der Waals surface area contributed by atoms with Crippen LogP contribution in [0.1, 0.15) is 53.6 Å². The number of benzene rings is 2. The lowest BCUT2D eigenvalue weighted by Crippen LogP contribution is -2.31. The second-order valence-corrected chi connectivity index (χ2v) is 8.82. The van der Waals surface area contributed by atoms with Gasteiger partial charge in [0.15, 0.2) is 6.29 Å². The topological polar surface area (TPSA) is 83.2 Å². The van der Waals surface area contributed by atoms with E-state index in [0.717, 1.165) is 0 Å². The van der Waals surface area contributed by atoms with Gasteiger partial charge in [-0.15, -0.1) is 0 Å². The Morgan fingerprint density at radius 3 is 2.26 bits per heavy atom. The number of aromatic nitrogens is 3. The molecule has 1 aliphatic rings. The van der Waals surface area contributed by atoms with Gasteiger partial charge in [-0.05, 0) is 48.4 Å². The van der Waals surface area contributed by atoms with Crippen molar-refractivity contribution >= 4 is 0 Å². The molecule has 7 nitrogen and oxygen atoms in total. The Labute approximate surface area is 211 Å². The number of H-pyrrole nitrogens is 2. The fraction of sp³-hybridized carbons (Fsp3) is 0.417. The first kappa shape index (κ1) is 27.8. The van der Waals surface area contributed by atoms with Gasteiger partial charge in [0.05, 0.1) is 30.4 Å². The van der Waals surface area contributed by atoms with Gasteiger partial charge in [0.1, 0.15) is 11.6 Å². The first-order valence-corrected chi connectivity index (χ1v) is 11.5. The van der Waals surface area contributed by atoms with Crippen molar-refractivity contribution in [3.05, 3.63) is 86.8 Å². The molecule has 0 bridgehead atoms. The van der Waals surface area contributed by atoms with Crippen LogP contribution in [0, 0.1) is 5.82 Å². The van der Waals surface area contributed by atoms with Crippen molar-refractivity contribution in [2.75, 3.05) is 13.2 Å². The molecule has 0 amide bonds. The number of aromatic amines is 2. The zero-order valence-corrected chi connectivity index (χ0v) is 19.9. The third kappa shape index (κ3) is 6.79. The number of ether oxygens (including phenoxy) is 2. The molecule has 38 heavy (non-hydrogen) atoms. The molecule has 0 spiro atoms. The summed E-state index contributed by atoms with van der Waals surface area (Å²) in [7, 11) is 0. The van der Waals surface area contributed by atoms with Gasteiger partial charge < -0.3 is 9.47 Å². The maximum absolute atomic E-state index is 13.6. The summed E-state index contributed by atoms with van der Waals surface area (Å²) in [4.78, 5) is 15.9. The van der Waals surface area contributed by atoms with Gasteiger partial charge in [-0.3, -0.25) is 9.88 Å². The summed E-state index contributed by atoms with van der Waals surface area (Å²) < 4.78 is 105. The van der Waals surface area contributed by atoms with Crippen molar-refractivity contribution < 1.29 is 40.2 Å². The molecular weight excluding hydrogens is 525 g/mol. The Morgan fingerprint density at radius 2 is 1.71 bits per heavy atom. The van der Waals surface area contributed by atoms with Crippen LogP contribution in [-0.2, 0) is 28.4 Å². The minimum absolute atomic E-state index is 0.0557. The third-order valence-corrected chi connectivity index (χ3v) is 6.13. The standard InChI is InChI=1S/C24H23F7N4O3/c1-13(15-8-16(23(26,27)28)10-17(9-15)24(29,30)31)38-21-11-19(14-2-4-18(25)5-3-14)35(6-7-37-21)12-20-32-22(36)34-33-20/h2-5,8-10,13,19,21H,6-7,11-12H2,1H3,(H2,32,33,34,36). The second-order valence-electron chi connectivity index (χ2n) is 8.82. The molecule has 2 N–H and O–H groups in total. The molecule has 3 atom stereocenters. The molecule has 1 aliphatic heterocycles. The van der Waals surface area contributed by atoms with Gasteiger partial charge >= 0.3 is 18.0 Å². The second kappa shape index (κ2) is 10.9. The van der Waals surface area contributed by atoms with E-state index in [-0.39, 0.29) is 31.2 Å². The molecule has 3 unspecified atom stereocenters. The molecule has 0 aliphatic carbocycles. The number of alkyl halides is 6. The highest BCUT2D eigenvalue weighted by Gasteiger charge is 2.38. The summed E-state index contributed by atoms with van der Waals surface area (Å²) in [5.41, 5.74) is -3.04. The van der Waals surface area contributed by atoms with Crippen LogP contribution < -0.4 is 5.69 Å². The highest BCUT2D eigenvalue weighted by atomic mass is 19.4. The Hall–Kier alpha value is -3.23. The van der Waals surface area contributed by atoms with Crippen molar-refractivity contribution in [3.63, 3.8) is 0 Å². The Bertz CT molecular complexity index is 1260. The average Bonchev–Trinajstić information content (AvgIpc) is 3.14. The van der Waals surface area contributed by atoms with Crippen LogP contribution in [-0.4, -0.2) is 39.5 Å². The van der Waals surface area contributed by atoms with Crippen LogP contribution in [0.2, 0.25) is 0 Å². The van der Waals surface area contributed by atoms with E-state index in [1.165, 1.54) is 19.1 Å². The fourth-order valence-corrected chi connectivity index (χ4v) is 4.26. The SMILES string of the molecule is CC(OC1CC(c2ccc(F)cc2)N(Cc2n[nH]c(=O)[nH]2)CCO1)c1cc(C(F)(F)F)cc(C(F)(F)F)c1. The van der Waals surface area contributed by atoms with Crippen molar-refractivity contribution in [2.24, 2.45) is 0 Å². The van der Waals surface area contributed by atoms with Gasteiger partial charge in [0.2, 0.25) is 0 Å². The number of rotatable bonds is 6. The molecule has 1 saturated heterocycles. The van der Waals surface area contributed by atoms with Gasteiger partial charge in [-0.25, -0.2) is 14.3 Å². The Kier molecular flexibility index (Phi) is 7.95. The zero-order chi connectivity index (χ0) is 27.7. The van der Waals surface area contributed by atoms with Gasteiger partial charge in [0, 0.05) is 19.0 Å². The van der Waals surface area contributed by atoms with Crippen LogP contribution in [0.5, 0.6) is 0 Å². The molecule has 2 heterocycles. The number of halogens is 7. The normalized spacial score (nSPS) is 20.3. The quantitative estimate of drug-likeness (QED) is 0.407. The lowest BCUT2D eigenvalue weighted by molar-refractivity contribution is -0.167. The predicted octanol–water partition coefficient (Wildman–Crippen LogP) is 5.34. The maximum Gasteiger partial charge on any atom is 0.416 e. The highest BCUT2D eigenvalue weighted by Crippen LogP contribution is 2.39. The summed E-state index contributed by atoms with van der Waals surface area (Å²) in [5.74, 6) is -0.133. The van der Waals surface area contributed by atoms with Crippen molar-refractivity contribution in [3.8, 4) is 0 Å². The average molecular weight is 548 g/mol. The first-order valence-electron chi connectivity index (χ1n) is 11.5. The van der Waals surface area contributed by atoms with E-state index < -0.39 is 53.4 Å². The van der Waals surface area contributed by atoms with Crippen LogP contribution in [0.15, 0.2) is 47.3 Å². The fourth-order valence-electron chi connectivity index (χ4n) is 4.26. The number of nitrogens with one attached hydrogen (secondary N) is 2. The van der Waals surface area contributed by atoms with Crippen molar-refractivity contribution in [1.29, 1.82) is 0 Å². The van der Waals surface area contributed by atoms with Crippen LogP contribution in [0.25, 0.3) is 0 Å². The van der Waals surface area contributed by atoms with Gasteiger partial charge in [-0.2, -0.15) is 31.4 Å². The van der Waals surface area contributed by atoms with E-state index in [1.54, 1.807) is 12.1 Å². The van der Waals surface area contributed by atoms with Gasteiger partial charge in [0.25, 0.3) is 0 Å². The van der Waals surface area contributed by atoms with E-state index in [2.05, 4.69) is 15.2 Å². The lowest BCUT2D eigenvalue weighted by atomic mass is 10.0. The molecule has 206 valence electrons. The summed E-state index contributed by atoms with van der Waals surface area (Å²) in [6, 6.07) is 6.44. The Balaban J connectivity index is 1.59. The minimum Gasteiger partial charge on any atom is -0.351 e. The largest absolute Gasteiger partial charge is 0.416 e. The maximum atomic E-state index is 13.6. The summed E-state index contributed by atoms with van der Waals surface area (Å²) in [6.07, 6.45) is -12.1. The molecule has 0 radical (unpaired) electrons. The van der Waals surface area contributed by atoms with E-state index in [1.807, 2.05) is 4.90 Å². The molecule has 3 aromatic rings. The van der Waals surface area contributed by atoms with Crippen molar-refractivity contribution in [2.45, 2.75) is 50.7 Å². The highest BCUT2D eigenvalue weighted by molar-refractivity contribution is 5.34. The smallest absolute Gasteiger partial charge is 0.351 e. The summed E-state index contributed by atoms with van der Waals surface area (Å²) in [6.45, 7) is 1.92. The molecule has 1 fully saturated rings. The van der Waals surface area contributed by atoms with Crippen LogP contribution in [0.4, 0.5) is 30.7 Å². The monoisotopic (exact) mass is 548 g/mol. The minimum atomic E-state index is -4.99. The van der Waals surface area contributed by atoms with E-state index in [9.17, 15) is 35.5 Å². The lowest BCUT2D eigenvalue weighted by Gasteiger charge is -2.30. The molecule has 14 heteroatoms. The molecule has 4 rings (SSSR count). The molecule has 2 aromatic carbocycles. The number of hydrogen-bond acceptors (Lipinski definition) is 5. The molecule has 0 saturated carbocycles. The van der Waals surface area contributed by atoms with Crippen LogP contribution in [0.3, 0.4) is 0 Å². The predicted molar refractivity (Wildman–Crippen MR) is 119 cm³/mol. The van der Waals surface area contributed by atoms with Crippen molar-refractivity contribution in [1.82, 2.24) is 20.1 Å². The summed E-state index contributed by atoms with van der Waals surface area (Å²) >= 11 is 0. The van der Waals surface area contributed by atoms with E-state index in [0.29, 0.717) is 30.1 Å². The van der Waals surface area contributed by atoms with E-state index in [4.69, 9.17) is 9.47 Å². The summed E-state index contributed by atoms with van der Waals surface area (Å²) in [5, 5.41) is 6.16.